The number of phenols is 2. The van der Waals surface area contributed by atoms with Gasteiger partial charge in [-0.2, -0.15) is 0 Å². The number of amides is 2. The van der Waals surface area contributed by atoms with Gasteiger partial charge in [-0.05, 0) is 98.2 Å². The molecule has 0 radical (unpaired) electrons. The van der Waals surface area contributed by atoms with Crippen LogP contribution < -0.4 is 21.3 Å². The maximum atomic E-state index is 13.6. The Balaban J connectivity index is 0.649. The fourth-order valence-electron chi connectivity index (χ4n) is 14.0. The number of rotatable bonds is 43. The zero-order chi connectivity index (χ0) is 68.0. The lowest BCUT2D eigenvalue weighted by molar-refractivity contribution is 0.0977. The van der Waals surface area contributed by atoms with Gasteiger partial charge < -0.3 is 41.0 Å². The molecule has 2 aliphatic rings. The van der Waals surface area contributed by atoms with Gasteiger partial charge in [0, 0.05) is 46.7 Å². The maximum Gasteiger partial charge on any atom is 0.407 e. The van der Waals surface area contributed by atoms with E-state index >= 15 is 0 Å². The van der Waals surface area contributed by atoms with Crippen LogP contribution in [0.25, 0.3) is 0 Å². The Morgan fingerprint density at radius 3 is 1.00 bits per heavy atom. The zero-order valence-electron chi connectivity index (χ0n) is 57.6. The molecule has 6 aromatic rings. The molecule has 0 saturated carbocycles. The number of unbranched alkanes of at least 4 members (excludes halogenated alkanes) is 22. The lowest BCUT2D eigenvalue weighted by atomic mass is 9.78. The van der Waals surface area contributed by atoms with E-state index < -0.39 is 36.0 Å². The zero-order valence-corrected chi connectivity index (χ0v) is 57.6. The number of nitrogens with one attached hydrogen (secondary N) is 4. The Morgan fingerprint density at radius 2 is 0.667 bits per heavy atom. The number of benzene rings is 6. The molecule has 2 amide bonds. The average molecular weight is 1310 g/mol. The van der Waals surface area contributed by atoms with E-state index in [4.69, 9.17) is 9.47 Å². The molecule has 14 nitrogen and oxygen atoms in total. The number of carbonyl (C=O) groups is 6. The Kier molecular flexibility index (Phi) is 29.9. The number of fused-ring (bicyclic) bond motifs is 4. The monoisotopic (exact) mass is 1310 g/mol. The van der Waals surface area contributed by atoms with Gasteiger partial charge in [-0.15, -0.1) is 0 Å². The summed E-state index contributed by atoms with van der Waals surface area (Å²) in [4.78, 5) is 79.5. The van der Waals surface area contributed by atoms with Gasteiger partial charge in [-0.25, -0.2) is 9.59 Å². The molecule has 0 fully saturated rings. The van der Waals surface area contributed by atoms with Crippen molar-refractivity contribution in [2.75, 3.05) is 23.7 Å². The number of alkyl carbamates (subject to hydrolysis) is 2. The van der Waals surface area contributed by atoms with Crippen molar-refractivity contribution in [1.29, 1.82) is 0 Å². The van der Waals surface area contributed by atoms with Crippen molar-refractivity contribution in [2.45, 2.75) is 233 Å². The highest BCUT2D eigenvalue weighted by Gasteiger charge is 2.36. The van der Waals surface area contributed by atoms with E-state index in [1.807, 2.05) is 62.4 Å². The van der Waals surface area contributed by atoms with Crippen molar-refractivity contribution in [2.24, 2.45) is 11.8 Å². The summed E-state index contributed by atoms with van der Waals surface area (Å²) >= 11 is 0. The van der Waals surface area contributed by atoms with E-state index in [0.717, 1.165) is 61.5 Å². The molecule has 0 heterocycles. The van der Waals surface area contributed by atoms with Crippen LogP contribution in [0.5, 0.6) is 11.5 Å². The first kappa shape index (κ1) is 73.5. The predicted molar refractivity (Wildman–Crippen MR) is 385 cm³/mol. The molecule has 6 N–H and O–H groups in total. The highest BCUT2D eigenvalue weighted by atomic mass is 16.6. The highest BCUT2D eigenvalue weighted by Crippen LogP contribution is 2.41. The number of carbonyl (C=O) groups excluding carboxylic acids is 6. The van der Waals surface area contributed by atoms with E-state index in [9.17, 15) is 39.0 Å². The summed E-state index contributed by atoms with van der Waals surface area (Å²) < 4.78 is 11.5. The Morgan fingerprint density at radius 1 is 0.365 bits per heavy atom. The summed E-state index contributed by atoms with van der Waals surface area (Å²) in [6, 6.07) is 34.1. The van der Waals surface area contributed by atoms with E-state index in [-0.39, 0.29) is 56.4 Å². The third-order valence-electron chi connectivity index (χ3n) is 19.5. The molecular weight excluding hydrogens is 1200 g/mol. The summed E-state index contributed by atoms with van der Waals surface area (Å²) in [5, 5.41) is 33.7. The molecule has 6 aromatic carbocycles. The molecule has 4 unspecified atom stereocenters. The first-order valence-electron chi connectivity index (χ1n) is 36.5. The second kappa shape index (κ2) is 39.1. The van der Waals surface area contributed by atoms with Crippen LogP contribution in [0.1, 0.15) is 307 Å². The molecule has 8 rings (SSSR count). The maximum absolute atomic E-state index is 13.6. The number of aromatic hydroxyl groups is 2. The van der Waals surface area contributed by atoms with Gasteiger partial charge in [0.25, 0.3) is 0 Å². The molecule has 514 valence electrons. The molecular formula is C82H106N4O10. The molecule has 4 atom stereocenters. The van der Waals surface area contributed by atoms with Crippen LogP contribution in [0, 0.1) is 11.8 Å². The van der Waals surface area contributed by atoms with Crippen molar-refractivity contribution in [3.63, 3.8) is 0 Å². The fraction of sp³-hybridized carbons (Fsp3) is 0.488. The Bertz CT molecular complexity index is 3290. The number of anilines is 4. The topological polar surface area (TPSA) is 209 Å². The molecule has 2 aliphatic carbocycles. The highest BCUT2D eigenvalue weighted by molar-refractivity contribution is 6.32. The third kappa shape index (κ3) is 21.4. The minimum absolute atomic E-state index is 0.0128. The van der Waals surface area contributed by atoms with Gasteiger partial charge in [-0.3, -0.25) is 19.2 Å². The predicted octanol–water partition coefficient (Wildman–Crippen LogP) is 21.4. The molecule has 14 heteroatoms. The number of hydrogen-bond donors (Lipinski definition) is 6. The minimum atomic E-state index is -0.533. The van der Waals surface area contributed by atoms with Crippen molar-refractivity contribution in [1.82, 2.24) is 10.6 Å². The lowest BCUT2D eigenvalue weighted by Gasteiger charge is -2.28. The standard InChI is InChI=1S/C82H106N4O10/c1-5-7-9-25-37-59(39-27-21-17-13-11-15-19-23-33-53-83-81(93)95-57(3)61-41-35-43-63(55-61)85-69-49-51-71(87)75-73(69)77(89)65-45-29-31-47-67(65)79(75)91)60(38-26-10-8-6-2)40-28-22-18-14-12-16-20-24-34-54-84-82(94)96-58(4)62-42-36-44-64(56-62)86-70-50-52-72(88)76-74(70)78(90)66-46-30-32-48-68(66)80(76)92/h29-32,35-36,41-52,55-60,85-88H,5-28,33-34,37-40,53-54H2,1-4H3,(H,83,93)(H,84,94). The van der Waals surface area contributed by atoms with E-state index in [0.29, 0.717) is 47.0 Å². The van der Waals surface area contributed by atoms with Gasteiger partial charge >= 0.3 is 12.2 Å². The second-order valence-electron chi connectivity index (χ2n) is 26.8. The van der Waals surface area contributed by atoms with Crippen LogP contribution in [-0.2, 0) is 9.47 Å². The first-order valence-corrected chi connectivity index (χ1v) is 36.5. The molecule has 0 saturated heterocycles. The largest absolute Gasteiger partial charge is 0.507 e. The second-order valence-corrected chi connectivity index (χ2v) is 26.8. The van der Waals surface area contributed by atoms with Crippen LogP contribution in [0.4, 0.5) is 32.3 Å². The van der Waals surface area contributed by atoms with Gasteiger partial charge in [0.05, 0.1) is 33.6 Å². The molecule has 0 spiro atoms. The van der Waals surface area contributed by atoms with Crippen molar-refractivity contribution < 1.29 is 48.5 Å². The fourth-order valence-corrected chi connectivity index (χ4v) is 14.0. The van der Waals surface area contributed by atoms with Crippen LogP contribution in [0.15, 0.2) is 121 Å². The van der Waals surface area contributed by atoms with Crippen molar-refractivity contribution in [3.05, 3.63) is 177 Å². The smallest absolute Gasteiger partial charge is 0.407 e. The summed E-state index contributed by atoms with van der Waals surface area (Å²) in [7, 11) is 0. The number of ketones is 4. The van der Waals surface area contributed by atoms with E-state index in [1.54, 1.807) is 60.7 Å². The van der Waals surface area contributed by atoms with E-state index in [1.165, 1.54) is 166 Å². The summed E-state index contributed by atoms with van der Waals surface area (Å²) in [6.07, 6.45) is 36.1. The van der Waals surface area contributed by atoms with Gasteiger partial charge in [-0.1, -0.05) is 266 Å². The van der Waals surface area contributed by atoms with Gasteiger partial charge in [0.1, 0.15) is 23.7 Å². The minimum Gasteiger partial charge on any atom is -0.507 e. The lowest BCUT2D eigenvalue weighted by Crippen LogP contribution is -2.26. The van der Waals surface area contributed by atoms with Crippen LogP contribution >= 0.6 is 0 Å². The van der Waals surface area contributed by atoms with Gasteiger partial charge in [0.2, 0.25) is 0 Å². The summed E-state index contributed by atoms with van der Waals surface area (Å²) in [5.74, 6) is -0.244. The Labute approximate surface area is 570 Å². The van der Waals surface area contributed by atoms with Crippen LogP contribution in [0.3, 0.4) is 0 Å². The number of hydrogen-bond acceptors (Lipinski definition) is 12. The SMILES string of the molecule is CCCCCCC(CCCCCCCCCCCNC(=O)OC(C)c1cccc(Nc2ccc(O)c3c2C(=O)c2ccccc2C3=O)c1)C(CCCCCC)CCCCCCCCCCCNC(=O)OC(C)c1cccc(Nc2ccc(O)c3c2C(=O)c2ccccc2C3=O)c1. The molecule has 96 heavy (non-hydrogen) atoms. The van der Waals surface area contributed by atoms with E-state index in [2.05, 4.69) is 35.1 Å². The van der Waals surface area contributed by atoms with Gasteiger partial charge in [0.15, 0.2) is 23.1 Å². The quantitative estimate of drug-likeness (QED) is 0.0156. The molecule has 0 aliphatic heterocycles. The summed E-state index contributed by atoms with van der Waals surface area (Å²) in [6.45, 7) is 9.39. The average Bonchev–Trinajstić information content (AvgIpc) is 0.755. The first-order chi connectivity index (χ1) is 46.8. The van der Waals surface area contributed by atoms with Crippen LogP contribution in [0.2, 0.25) is 0 Å². The third-order valence-corrected chi connectivity index (χ3v) is 19.5. The van der Waals surface area contributed by atoms with Crippen LogP contribution in [-0.4, -0.2) is 58.6 Å². The normalized spacial score (nSPS) is 13.6. The Hall–Kier alpha value is -8.26. The van der Waals surface area contributed by atoms with Crippen molar-refractivity contribution >= 4 is 58.1 Å². The summed E-state index contributed by atoms with van der Waals surface area (Å²) in [5.41, 5.74) is 5.00. The molecule has 0 bridgehead atoms. The number of ether oxygens (including phenoxy) is 2. The van der Waals surface area contributed by atoms with Crippen molar-refractivity contribution in [3.8, 4) is 11.5 Å². The number of phenolic OH excluding ortho intramolecular Hbond substituents is 2. The molecule has 0 aromatic heterocycles.